The number of rotatable bonds is 3. The highest BCUT2D eigenvalue weighted by molar-refractivity contribution is 6.31. The van der Waals surface area contributed by atoms with E-state index >= 15 is 0 Å². The van der Waals surface area contributed by atoms with Crippen LogP contribution in [0.3, 0.4) is 0 Å². The average Bonchev–Trinajstić information content (AvgIpc) is 3.08. The van der Waals surface area contributed by atoms with E-state index in [1.165, 1.54) is 0 Å². The Kier molecular flexibility index (Phi) is 4.14. The van der Waals surface area contributed by atoms with Crippen LogP contribution in [0.4, 0.5) is 5.69 Å². The van der Waals surface area contributed by atoms with Crippen molar-refractivity contribution in [3.63, 3.8) is 0 Å². The van der Waals surface area contributed by atoms with Crippen LogP contribution in [0.1, 0.15) is 15.9 Å². The van der Waals surface area contributed by atoms with Crippen molar-refractivity contribution in [2.75, 3.05) is 5.32 Å². The molecule has 0 aliphatic heterocycles. The number of halogens is 1. The molecule has 1 amide bonds. The highest BCUT2D eigenvalue weighted by Gasteiger charge is 2.11. The summed E-state index contributed by atoms with van der Waals surface area (Å²) in [6.07, 6.45) is 3.38. The van der Waals surface area contributed by atoms with Gasteiger partial charge >= 0.3 is 0 Å². The Labute approximate surface area is 154 Å². The van der Waals surface area contributed by atoms with Crippen molar-refractivity contribution >= 4 is 34.3 Å². The minimum atomic E-state index is -0.234. The largest absolute Gasteiger partial charge is 0.436 e. The molecule has 0 fully saturated rings. The van der Waals surface area contributed by atoms with Crippen LogP contribution >= 0.6 is 11.6 Å². The average molecular weight is 364 g/mol. The molecular formula is C20H14ClN3O2. The van der Waals surface area contributed by atoms with Gasteiger partial charge in [-0.1, -0.05) is 17.7 Å². The third-order valence-corrected chi connectivity index (χ3v) is 4.40. The van der Waals surface area contributed by atoms with Gasteiger partial charge in [0.15, 0.2) is 5.58 Å². The fraction of sp³-hybridized carbons (Fsp3) is 0.0500. The van der Waals surface area contributed by atoms with Gasteiger partial charge in [0.05, 0.1) is 5.56 Å². The van der Waals surface area contributed by atoms with E-state index in [2.05, 4.69) is 15.3 Å². The standard InChI is InChI=1S/C20H14ClN3O2/c1-12-4-5-13(9-16(12)21)19(25)23-15-6-7-18-17(10-15)24-20(26-18)14-3-2-8-22-11-14/h2-11H,1H3,(H,23,25). The van der Waals surface area contributed by atoms with Gasteiger partial charge < -0.3 is 9.73 Å². The fourth-order valence-corrected chi connectivity index (χ4v) is 2.74. The third kappa shape index (κ3) is 3.17. The number of amides is 1. The third-order valence-electron chi connectivity index (χ3n) is 3.99. The molecule has 1 N–H and O–H groups in total. The number of aromatic nitrogens is 2. The summed E-state index contributed by atoms with van der Waals surface area (Å²) in [5, 5.41) is 3.42. The molecule has 0 saturated heterocycles. The smallest absolute Gasteiger partial charge is 0.255 e. The number of carbonyl (C=O) groups is 1. The summed E-state index contributed by atoms with van der Waals surface area (Å²) in [6.45, 7) is 1.89. The molecule has 0 atom stereocenters. The first kappa shape index (κ1) is 16.3. The molecule has 26 heavy (non-hydrogen) atoms. The van der Waals surface area contributed by atoms with E-state index in [0.717, 1.165) is 11.1 Å². The number of hydrogen-bond acceptors (Lipinski definition) is 4. The van der Waals surface area contributed by atoms with Crippen LogP contribution < -0.4 is 5.32 Å². The Morgan fingerprint density at radius 2 is 2.04 bits per heavy atom. The number of aryl methyl sites for hydroxylation is 1. The topological polar surface area (TPSA) is 68.0 Å². The van der Waals surface area contributed by atoms with Gasteiger partial charge in [0, 0.05) is 28.7 Å². The fourth-order valence-electron chi connectivity index (χ4n) is 2.56. The summed E-state index contributed by atoms with van der Waals surface area (Å²) in [5.74, 6) is 0.254. The molecule has 2 heterocycles. The zero-order chi connectivity index (χ0) is 18.1. The van der Waals surface area contributed by atoms with Crippen molar-refractivity contribution in [2.45, 2.75) is 6.92 Å². The monoisotopic (exact) mass is 363 g/mol. The number of nitrogens with zero attached hydrogens (tertiary/aromatic N) is 2. The lowest BCUT2D eigenvalue weighted by Gasteiger charge is -2.06. The van der Waals surface area contributed by atoms with E-state index in [-0.39, 0.29) is 5.91 Å². The number of hydrogen-bond donors (Lipinski definition) is 1. The van der Waals surface area contributed by atoms with Crippen LogP contribution in [0.2, 0.25) is 5.02 Å². The number of benzene rings is 2. The maximum atomic E-state index is 12.4. The number of oxazole rings is 1. The van der Waals surface area contributed by atoms with Crippen LogP contribution in [0.15, 0.2) is 65.3 Å². The first-order valence-corrected chi connectivity index (χ1v) is 8.36. The second kappa shape index (κ2) is 6.61. The molecule has 0 saturated carbocycles. The van der Waals surface area contributed by atoms with Gasteiger partial charge in [-0.15, -0.1) is 0 Å². The predicted molar refractivity (Wildman–Crippen MR) is 101 cm³/mol. The summed E-state index contributed by atoms with van der Waals surface area (Å²) in [6, 6.07) is 14.2. The molecule has 5 nitrogen and oxygen atoms in total. The maximum Gasteiger partial charge on any atom is 0.255 e. The highest BCUT2D eigenvalue weighted by atomic mass is 35.5. The molecule has 0 radical (unpaired) electrons. The van der Waals surface area contributed by atoms with E-state index in [1.54, 1.807) is 42.7 Å². The summed E-state index contributed by atoms with van der Waals surface area (Å²) in [4.78, 5) is 21.0. The molecule has 4 aromatic rings. The van der Waals surface area contributed by atoms with Crippen molar-refractivity contribution in [1.29, 1.82) is 0 Å². The van der Waals surface area contributed by atoms with Crippen molar-refractivity contribution in [1.82, 2.24) is 9.97 Å². The molecule has 0 aliphatic rings. The highest BCUT2D eigenvalue weighted by Crippen LogP contribution is 2.26. The van der Waals surface area contributed by atoms with Gasteiger partial charge in [-0.05, 0) is 55.0 Å². The SMILES string of the molecule is Cc1ccc(C(=O)Nc2ccc3oc(-c4cccnc4)nc3c2)cc1Cl. The zero-order valence-electron chi connectivity index (χ0n) is 13.9. The second-order valence-electron chi connectivity index (χ2n) is 5.86. The second-order valence-corrected chi connectivity index (χ2v) is 6.27. The van der Waals surface area contributed by atoms with Crippen molar-refractivity contribution in [3.8, 4) is 11.5 Å². The van der Waals surface area contributed by atoms with E-state index in [0.29, 0.717) is 33.3 Å². The van der Waals surface area contributed by atoms with Gasteiger partial charge in [0.25, 0.3) is 5.91 Å². The molecule has 2 aromatic carbocycles. The molecule has 0 aliphatic carbocycles. The first-order chi connectivity index (χ1) is 12.6. The minimum Gasteiger partial charge on any atom is -0.436 e. The number of nitrogens with one attached hydrogen (secondary N) is 1. The van der Waals surface area contributed by atoms with Crippen LogP contribution in [-0.4, -0.2) is 15.9 Å². The van der Waals surface area contributed by atoms with Crippen molar-refractivity contribution in [2.24, 2.45) is 0 Å². The molecule has 4 rings (SSSR count). The summed E-state index contributed by atoms with van der Waals surface area (Å²) in [7, 11) is 0. The minimum absolute atomic E-state index is 0.234. The van der Waals surface area contributed by atoms with E-state index in [4.69, 9.17) is 16.0 Å². The van der Waals surface area contributed by atoms with Crippen molar-refractivity contribution < 1.29 is 9.21 Å². The molecule has 2 aromatic heterocycles. The van der Waals surface area contributed by atoms with E-state index < -0.39 is 0 Å². The van der Waals surface area contributed by atoms with Crippen LogP contribution in [-0.2, 0) is 0 Å². The molecule has 0 spiro atoms. The zero-order valence-corrected chi connectivity index (χ0v) is 14.6. The van der Waals surface area contributed by atoms with Crippen LogP contribution in [0, 0.1) is 6.92 Å². The van der Waals surface area contributed by atoms with Gasteiger partial charge in [-0.25, -0.2) is 4.98 Å². The summed E-state index contributed by atoms with van der Waals surface area (Å²) < 4.78 is 5.75. The first-order valence-electron chi connectivity index (χ1n) is 7.99. The molecule has 128 valence electrons. The number of fused-ring (bicyclic) bond motifs is 1. The Hall–Kier alpha value is -3.18. The molecule has 6 heteroatoms. The van der Waals surface area contributed by atoms with Gasteiger partial charge in [0.2, 0.25) is 5.89 Å². The normalized spacial score (nSPS) is 10.8. The number of carbonyl (C=O) groups excluding carboxylic acids is 1. The number of pyridine rings is 1. The lowest BCUT2D eigenvalue weighted by molar-refractivity contribution is 0.102. The lowest BCUT2D eigenvalue weighted by Crippen LogP contribution is -2.11. The molecular weight excluding hydrogens is 350 g/mol. The molecule has 0 unspecified atom stereocenters. The Morgan fingerprint density at radius 3 is 2.81 bits per heavy atom. The Bertz CT molecular complexity index is 1110. The van der Waals surface area contributed by atoms with Gasteiger partial charge in [-0.3, -0.25) is 9.78 Å². The van der Waals surface area contributed by atoms with E-state index in [9.17, 15) is 4.79 Å². The van der Waals surface area contributed by atoms with Crippen LogP contribution in [0.5, 0.6) is 0 Å². The predicted octanol–water partition coefficient (Wildman–Crippen LogP) is 5.10. The van der Waals surface area contributed by atoms with Gasteiger partial charge in [-0.2, -0.15) is 0 Å². The summed E-state index contributed by atoms with van der Waals surface area (Å²) in [5.41, 5.74) is 4.14. The Balaban J connectivity index is 1.61. The molecule has 0 bridgehead atoms. The maximum absolute atomic E-state index is 12.4. The number of anilines is 1. The van der Waals surface area contributed by atoms with Crippen LogP contribution in [0.25, 0.3) is 22.6 Å². The quantitative estimate of drug-likeness (QED) is 0.549. The van der Waals surface area contributed by atoms with Crippen molar-refractivity contribution in [3.05, 3.63) is 77.1 Å². The lowest BCUT2D eigenvalue weighted by atomic mass is 10.1. The van der Waals surface area contributed by atoms with Gasteiger partial charge in [0.1, 0.15) is 5.52 Å². The Morgan fingerprint density at radius 1 is 1.15 bits per heavy atom. The van der Waals surface area contributed by atoms with E-state index in [1.807, 2.05) is 25.1 Å². The summed E-state index contributed by atoms with van der Waals surface area (Å²) >= 11 is 6.09.